The van der Waals surface area contributed by atoms with Gasteiger partial charge in [0.05, 0.1) is 25.7 Å². The molecule has 0 fully saturated rings. The summed E-state index contributed by atoms with van der Waals surface area (Å²) in [5.74, 6) is -0.529. The highest BCUT2D eigenvalue weighted by Gasteiger charge is 2.27. The zero-order valence-electron chi connectivity index (χ0n) is 19.8. The molecular weight excluding hydrogens is 507 g/mol. The zero-order valence-corrected chi connectivity index (χ0v) is 21.5. The van der Waals surface area contributed by atoms with E-state index in [1.54, 1.807) is 13.0 Å². The number of carbonyl (C=O) groups is 1. The van der Waals surface area contributed by atoms with E-state index in [1.165, 1.54) is 6.07 Å². The summed E-state index contributed by atoms with van der Waals surface area (Å²) < 4.78 is 40.6. The molecule has 3 aromatic carbocycles. The molecule has 0 saturated heterocycles. The van der Waals surface area contributed by atoms with Gasteiger partial charge >= 0.3 is 13.8 Å². The molecule has 36 heavy (non-hydrogen) atoms. The number of esters is 1. The highest BCUT2D eigenvalue weighted by atomic mass is 35.5. The van der Waals surface area contributed by atoms with Crippen molar-refractivity contribution in [3.05, 3.63) is 95.1 Å². The molecule has 0 aliphatic carbocycles. The average molecular weight is 535 g/mol. The monoisotopic (exact) mass is 534 g/mol. The highest BCUT2D eigenvalue weighted by Crippen LogP contribution is 2.52. The number of phenolic OH excluding ortho intramolecular Hbond substituents is 1. The number of aryl methyl sites for hydroxylation is 1. The molecule has 8 nitrogen and oxygen atoms in total. The van der Waals surface area contributed by atoms with E-state index in [0.29, 0.717) is 11.1 Å². The van der Waals surface area contributed by atoms with Gasteiger partial charge in [0.25, 0.3) is 0 Å². The van der Waals surface area contributed by atoms with Crippen molar-refractivity contribution in [2.45, 2.75) is 26.7 Å². The normalized spacial score (nSPS) is 11.3. The Kier molecular flexibility index (Phi) is 10.8. The molecule has 0 aliphatic rings. The van der Waals surface area contributed by atoms with E-state index in [-0.39, 0.29) is 43.8 Å². The van der Waals surface area contributed by atoms with Crippen LogP contribution in [0.1, 0.15) is 22.3 Å². The lowest BCUT2D eigenvalue weighted by molar-refractivity contribution is -0.145. The zero-order chi connectivity index (χ0) is 25.8. The Labute approximate surface area is 215 Å². The number of phosphoric ester groups is 1. The molecule has 0 unspecified atom stereocenters. The predicted octanol–water partition coefficient (Wildman–Crippen LogP) is 5.92. The van der Waals surface area contributed by atoms with Crippen LogP contribution in [0.5, 0.6) is 11.5 Å². The van der Waals surface area contributed by atoms with Crippen LogP contribution in [-0.2, 0) is 47.5 Å². The van der Waals surface area contributed by atoms with E-state index in [2.05, 4.69) is 0 Å². The number of aromatic hydroxyl groups is 1. The quantitative estimate of drug-likeness (QED) is 0.154. The third-order valence-electron chi connectivity index (χ3n) is 4.86. The Morgan fingerprint density at radius 2 is 1.39 bits per heavy atom. The van der Waals surface area contributed by atoms with Gasteiger partial charge in [-0.25, -0.2) is 9.36 Å². The maximum Gasteiger partial charge on any atom is 0.475 e. The highest BCUT2D eigenvalue weighted by molar-refractivity contribution is 7.48. The van der Waals surface area contributed by atoms with E-state index in [1.807, 2.05) is 60.7 Å². The fourth-order valence-corrected chi connectivity index (χ4v) is 4.29. The summed E-state index contributed by atoms with van der Waals surface area (Å²) in [6.45, 7) is 1.21. The molecule has 0 atom stereocenters. The molecule has 192 valence electrons. The minimum absolute atomic E-state index is 0.0281. The smallest absolute Gasteiger partial charge is 0.475 e. The van der Waals surface area contributed by atoms with Crippen molar-refractivity contribution >= 4 is 25.4 Å². The fraction of sp³-hybridized carbons (Fsp3) is 0.269. The molecule has 3 rings (SSSR count). The number of ether oxygens (including phenoxy) is 2. The Morgan fingerprint density at radius 1 is 0.861 bits per heavy atom. The van der Waals surface area contributed by atoms with Crippen LogP contribution in [0, 0.1) is 6.92 Å². The first kappa shape index (κ1) is 27.7. The number of rotatable bonds is 14. The van der Waals surface area contributed by atoms with E-state index < -0.39 is 20.4 Å². The number of benzene rings is 3. The summed E-state index contributed by atoms with van der Waals surface area (Å²) in [5, 5.41) is 10.3. The van der Waals surface area contributed by atoms with Crippen LogP contribution in [-0.4, -0.2) is 30.2 Å². The van der Waals surface area contributed by atoms with Crippen molar-refractivity contribution in [3.8, 4) is 11.5 Å². The van der Waals surface area contributed by atoms with Crippen molar-refractivity contribution in [2.75, 3.05) is 19.1 Å². The molecule has 0 aromatic heterocycles. The van der Waals surface area contributed by atoms with Crippen molar-refractivity contribution in [2.24, 2.45) is 0 Å². The SMILES string of the molecule is Cc1cc(COP(=O)(OCc2ccccc2)OCc2ccccc2)cc(OCC(=O)OCCCl)c1O. The van der Waals surface area contributed by atoms with E-state index in [4.69, 9.17) is 34.6 Å². The van der Waals surface area contributed by atoms with E-state index >= 15 is 0 Å². The number of halogens is 1. The fourth-order valence-electron chi connectivity index (χ4n) is 3.06. The summed E-state index contributed by atoms with van der Waals surface area (Å²) in [6.07, 6.45) is 0. The maximum absolute atomic E-state index is 13.5. The summed E-state index contributed by atoms with van der Waals surface area (Å²) in [5.41, 5.74) is 2.62. The van der Waals surface area contributed by atoms with Gasteiger partial charge in [0.1, 0.15) is 6.61 Å². The van der Waals surface area contributed by atoms with Crippen LogP contribution in [0.4, 0.5) is 0 Å². The van der Waals surface area contributed by atoms with E-state index in [9.17, 15) is 14.5 Å². The third-order valence-corrected chi connectivity index (χ3v) is 6.35. The largest absolute Gasteiger partial charge is 0.504 e. The average Bonchev–Trinajstić information content (AvgIpc) is 2.90. The predicted molar refractivity (Wildman–Crippen MR) is 135 cm³/mol. The van der Waals surface area contributed by atoms with Gasteiger partial charge < -0.3 is 14.6 Å². The van der Waals surface area contributed by atoms with Gasteiger partial charge in [-0.1, -0.05) is 60.7 Å². The Balaban J connectivity index is 1.69. The van der Waals surface area contributed by atoms with Crippen LogP contribution in [0.3, 0.4) is 0 Å². The third kappa shape index (κ3) is 8.97. The second-order valence-electron chi connectivity index (χ2n) is 7.70. The van der Waals surface area contributed by atoms with Gasteiger partial charge in [0.15, 0.2) is 18.1 Å². The molecule has 0 spiro atoms. The lowest BCUT2D eigenvalue weighted by Crippen LogP contribution is -2.16. The second-order valence-corrected chi connectivity index (χ2v) is 9.74. The van der Waals surface area contributed by atoms with Gasteiger partial charge in [0.2, 0.25) is 0 Å². The second kappa shape index (κ2) is 14.0. The minimum Gasteiger partial charge on any atom is -0.504 e. The number of alkyl halides is 1. The molecule has 0 heterocycles. The van der Waals surface area contributed by atoms with Crippen molar-refractivity contribution < 1.29 is 37.5 Å². The number of phosphoric acid groups is 1. The molecule has 0 radical (unpaired) electrons. The van der Waals surface area contributed by atoms with Gasteiger partial charge in [0, 0.05) is 0 Å². The molecule has 0 aliphatic heterocycles. The van der Waals surface area contributed by atoms with Crippen LogP contribution < -0.4 is 4.74 Å². The van der Waals surface area contributed by atoms with Gasteiger partial charge in [-0.15, -0.1) is 11.6 Å². The van der Waals surface area contributed by atoms with Crippen molar-refractivity contribution in [1.29, 1.82) is 0 Å². The Bertz CT molecular complexity index is 1110. The van der Waals surface area contributed by atoms with Crippen LogP contribution >= 0.6 is 19.4 Å². The summed E-state index contributed by atoms with van der Waals surface area (Å²) in [7, 11) is -3.99. The van der Waals surface area contributed by atoms with Gasteiger partial charge in [-0.2, -0.15) is 0 Å². The van der Waals surface area contributed by atoms with Gasteiger partial charge in [-0.05, 0) is 41.3 Å². The summed E-state index contributed by atoms with van der Waals surface area (Å²) >= 11 is 5.50. The number of phenols is 1. The first-order valence-corrected chi connectivity index (χ1v) is 13.2. The summed E-state index contributed by atoms with van der Waals surface area (Å²) in [4.78, 5) is 11.7. The van der Waals surface area contributed by atoms with Gasteiger partial charge in [-0.3, -0.25) is 13.6 Å². The molecule has 3 aromatic rings. The lowest BCUT2D eigenvalue weighted by Gasteiger charge is -2.19. The maximum atomic E-state index is 13.5. The Morgan fingerprint density at radius 3 is 1.92 bits per heavy atom. The molecule has 0 amide bonds. The van der Waals surface area contributed by atoms with Crippen molar-refractivity contribution in [3.63, 3.8) is 0 Å². The lowest BCUT2D eigenvalue weighted by atomic mass is 10.1. The van der Waals surface area contributed by atoms with Crippen LogP contribution in [0.15, 0.2) is 72.8 Å². The molecule has 1 N–H and O–H groups in total. The molecule has 0 bridgehead atoms. The standard InChI is InChI=1S/C26H28ClO8P/c1-20-14-23(15-24(26(20)29)32-19-25(28)31-13-12-27)18-35-36(30,33-16-21-8-4-2-5-9-21)34-17-22-10-6-3-7-11-22/h2-11,14-15,29H,12-13,16-19H2,1H3. The first-order valence-electron chi connectivity index (χ1n) is 11.2. The van der Waals surface area contributed by atoms with Crippen molar-refractivity contribution in [1.82, 2.24) is 0 Å². The van der Waals surface area contributed by atoms with E-state index in [0.717, 1.165) is 11.1 Å². The van der Waals surface area contributed by atoms with Crippen LogP contribution in [0.25, 0.3) is 0 Å². The molecular formula is C26H28ClO8P. The number of hydrogen-bond donors (Lipinski definition) is 1. The topological polar surface area (TPSA) is 101 Å². The minimum atomic E-state index is -3.99. The molecule has 0 saturated carbocycles. The summed E-state index contributed by atoms with van der Waals surface area (Å²) in [6, 6.07) is 21.6. The first-order chi connectivity index (χ1) is 17.4. The number of hydrogen-bond acceptors (Lipinski definition) is 8. The number of carbonyl (C=O) groups excluding carboxylic acids is 1. The molecule has 10 heteroatoms. The Hall–Kier alpha value is -2.87. The van der Waals surface area contributed by atoms with Crippen LogP contribution in [0.2, 0.25) is 0 Å².